The third-order valence-electron chi connectivity index (χ3n) is 7.12. The molecule has 2 unspecified atom stereocenters. The van der Waals surface area contributed by atoms with Gasteiger partial charge in [-0.25, -0.2) is 0 Å². The molecule has 1 N–H and O–H groups in total. The van der Waals surface area contributed by atoms with E-state index in [-0.39, 0.29) is 23.8 Å². The van der Waals surface area contributed by atoms with Gasteiger partial charge in [-0.05, 0) is 83.7 Å². The van der Waals surface area contributed by atoms with Crippen LogP contribution in [0.15, 0.2) is 36.4 Å². The lowest BCUT2D eigenvalue weighted by molar-refractivity contribution is 0.0681. The maximum Gasteiger partial charge on any atom is 0.251 e. The van der Waals surface area contributed by atoms with Gasteiger partial charge in [0.1, 0.15) is 17.1 Å². The van der Waals surface area contributed by atoms with Crippen molar-refractivity contribution in [3.05, 3.63) is 57.6 Å². The van der Waals surface area contributed by atoms with Crippen LogP contribution in [-0.4, -0.2) is 53.5 Å². The number of hydrogen-bond donors (Lipinski definition) is 1. The lowest BCUT2D eigenvalue weighted by Crippen LogP contribution is -2.47. The van der Waals surface area contributed by atoms with Crippen LogP contribution in [0.25, 0.3) is 0 Å². The molecule has 0 bridgehead atoms. The molecule has 4 rings (SSSR count). The Morgan fingerprint density at radius 1 is 1.14 bits per heavy atom. The number of fused-ring (bicyclic) bond motifs is 1. The number of amides is 1. The zero-order valence-corrected chi connectivity index (χ0v) is 22.8. The van der Waals surface area contributed by atoms with Gasteiger partial charge in [-0.3, -0.25) is 9.59 Å². The quantitative estimate of drug-likeness (QED) is 0.439. The molecule has 0 saturated carbocycles. The van der Waals surface area contributed by atoms with Crippen LogP contribution in [0.1, 0.15) is 74.1 Å². The van der Waals surface area contributed by atoms with Gasteiger partial charge in [-0.2, -0.15) is 0 Å². The number of ketones is 1. The first-order valence-electron chi connectivity index (χ1n) is 12.6. The highest BCUT2D eigenvalue weighted by Gasteiger charge is 2.42. The molecule has 0 spiro atoms. The van der Waals surface area contributed by atoms with Crippen LogP contribution in [0, 0.1) is 0 Å². The Balaban J connectivity index is 1.22. The molecule has 0 aliphatic carbocycles. The summed E-state index contributed by atoms with van der Waals surface area (Å²) in [6, 6.07) is 11.0. The van der Waals surface area contributed by atoms with E-state index in [0.717, 1.165) is 38.8 Å². The Kier molecular flexibility index (Phi) is 8.18. The summed E-state index contributed by atoms with van der Waals surface area (Å²) in [6.45, 7) is 9.70. The molecular weight excluding hydrogens is 499 g/mol. The summed E-state index contributed by atoms with van der Waals surface area (Å²) in [5.41, 5.74) is 0.218. The average molecular weight is 533 g/mol. The number of likely N-dealkylation sites (tertiary alicyclic amines) is 1. The Morgan fingerprint density at radius 2 is 1.86 bits per heavy atom. The van der Waals surface area contributed by atoms with Crippen LogP contribution in [-0.2, 0) is 0 Å². The van der Waals surface area contributed by atoms with Crippen molar-refractivity contribution in [3.8, 4) is 11.5 Å². The summed E-state index contributed by atoms with van der Waals surface area (Å²) in [7, 11) is 0. The lowest BCUT2D eigenvalue weighted by atomic mass is 9.99. The normalized spacial score (nSPS) is 19.3. The molecule has 2 aromatic rings. The molecule has 1 fully saturated rings. The van der Waals surface area contributed by atoms with Gasteiger partial charge in [0.05, 0.1) is 16.1 Å². The van der Waals surface area contributed by atoms with Crippen LogP contribution >= 0.6 is 23.2 Å². The van der Waals surface area contributed by atoms with Crippen molar-refractivity contribution in [2.24, 2.45) is 0 Å². The summed E-state index contributed by atoms with van der Waals surface area (Å²) in [5.74, 6) is 1.03. The van der Waals surface area contributed by atoms with Crippen molar-refractivity contribution in [3.63, 3.8) is 0 Å². The minimum Gasteiger partial charge on any atom is -0.490 e. The monoisotopic (exact) mass is 532 g/mol. The molecular formula is C28H34Cl2N2O4. The highest BCUT2D eigenvalue weighted by atomic mass is 35.5. The Hall–Kier alpha value is -2.28. The van der Waals surface area contributed by atoms with Gasteiger partial charge in [0.15, 0.2) is 5.60 Å². The topological polar surface area (TPSA) is 67.9 Å². The molecule has 2 heterocycles. The van der Waals surface area contributed by atoms with E-state index in [1.54, 1.807) is 32.0 Å². The third kappa shape index (κ3) is 5.99. The zero-order chi connectivity index (χ0) is 26.0. The first-order valence-corrected chi connectivity index (χ1v) is 13.3. The summed E-state index contributed by atoms with van der Waals surface area (Å²) in [6.07, 6.45) is 3.62. The van der Waals surface area contributed by atoms with Crippen molar-refractivity contribution in [1.29, 1.82) is 0 Å². The lowest BCUT2D eigenvalue weighted by Gasteiger charge is -2.36. The number of carbonyl (C=O) groups excluding carboxylic acids is 2. The molecule has 194 valence electrons. The average Bonchev–Trinajstić information content (AvgIpc) is 3.08. The van der Waals surface area contributed by atoms with Gasteiger partial charge in [0.25, 0.3) is 5.91 Å². The number of halogens is 2. The van der Waals surface area contributed by atoms with Crippen molar-refractivity contribution < 1.29 is 19.1 Å². The van der Waals surface area contributed by atoms with E-state index in [2.05, 4.69) is 17.1 Å². The number of nitrogens with one attached hydrogen (secondary N) is 1. The highest BCUT2D eigenvalue weighted by molar-refractivity contribution is 6.42. The first kappa shape index (κ1) is 26.8. The van der Waals surface area contributed by atoms with Crippen LogP contribution in [0.5, 0.6) is 11.5 Å². The Morgan fingerprint density at radius 3 is 2.56 bits per heavy atom. The van der Waals surface area contributed by atoms with Gasteiger partial charge in [0, 0.05) is 30.7 Å². The van der Waals surface area contributed by atoms with Crippen LogP contribution in [0.2, 0.25) is 10.0 Å². The van der Waals surface area contributed by atoms with E-state index in [0.29, 0.717) is 38.7 Å². The molecule has 2 aliphatic heterocycles. The fourth-order valence-corrected chi connectivity index (χ4v) is 5.16. The molecule has 2 aliphatic rings. The van der Waals surface area contributed by atoms with Crippen LogP contribution in [0.3, 0.4) is 0 Å². The van der Waals surface area contributed by atoms with Gasteiger partial charge < -0.3 is 19.7 Å². The number of benzene rings is 2. The fourth-order valence-electron chi connectivity index (χ4n) is 4.87. The Bertz CT molecular complexity index is 1130. The third-order valence-corrected chi connectivity index (χ3v) is 7.86. The Labute approximate surface area is 223 Å². The van der Waals surface area contributed by atoms with Crippen molar-refractivity contribution in [2.45, 2.75) is 77.2 Å². The summed E-state index contributed by atoms with van der Waals surface area (Å²) < 4.78 is 12.0. The summed E-state index contributed by atoms with van der Waals surface area (Å²) in [4.78, 5) is 27.8. The van der Waals surface area contributed by atoms with Crippen molar-refractivity contribution >= 4 is 34.9 Å². The standard InChI is InChI=1S/C28H34Cl2N2O4/c1-17(8-9-18(2)35-23-6-5-7-24-25(23)26(33)28(3,4)36-24)32-14-12-20(13-15-32)31-27(34)19-10-11-21(29)22(30)16-19/h5-7,10-11,16-18,20H,8-9,12-15H2,1-4H3,(H,31,34). The number of rotatable bonds is 8. The van der Waals surface area contributed by atoms with Crippen LogP contribution < -0.4 is 14.8 Å². The minimum absolute atomic E-state index is 0.0292. The van der Waals surface area contributed by atoms with E-state index in [1.807, 2.05) is 25.1 Å². The second kappa shape index (κ2) is 11.0. The maximum atomic E-state index is 12.7. The van der Waals surface area contributed by atoms with Gasteiger partial charge in [-0.1, -0.05) is 29.3 Å². The van der Waals surface area contributed by atoms with Gasteiger partial charge >= 0.3 is 0 Å². The predicted octanol–water partition coefficient (Wildman–Crippen LogP) is 6.18. The highest BCUT2D eigenvalue weighted by Crippen LogP contribution is 2.40. The molecule has 0 radical (unpaired) electrons. The number of ether oxygens (including phenoxy) is 2. The number of Topliss-reactive ketones (excluding diaryl/α,β-unsaturated/α-hetero) is 1. The number of carbonyl (C=O) groups is 2. The van der Waals surface area contributed by atoms with Gasteiger partial charge in [-0.15, -0.1) is 0 Å². The largest absolute Gasteiger partial charge is 0.490 e. The van der Waals surface area contributed by atoms with E-state index in [1.165, 1.54) is 0 Å². The second-order valence-electron chi connectivity index (χ2n) is 10.3. The van der Waals surface area contributed by atoms with E-state index >= 15 is 0 Å². The minimum atomic E-state index is -0.854. The van der Waals surface area contributed by atoms with Crippen molar-refractivity contribution in [1.82, 2.24) is 10.2 Å². The zero-order valence-electron chi connectivity index (χ0n) is 21.3. The fraction of sp³-hybridized carbons (Fsp3) is 0.500. The summed E-state index contributed by atoms with van der Waals surface area (Å²) >= 11 is 12.0. The van der Waals surface area contributed by atoms with E-state index < -0.39 is 5.60 Å². The number of hydrogen-bond acceptors (Lipinski definition) is 5. The van der Waals surface area contributed by atoms with Gasteiger partial charge in [0.2, 0.25) is 5.78 Å². The van der Waals surface area contributed by atoms with Crippen molar-refractivity contribution in [2.75, 3.05) is 13.1 Å². The molecule has 1 amide bonds. The molecule has 2 aromatic carbocycles. The predicted molar refractivity (Wildman–Crippen MR) is 143 cm³/mol. The molecule has 2 atom stereocenters. The molecule has 0 aromatic heterocycles. The molecule has 1 saturated heterocycles. The van der Waals surface area contributed by atoms with E-state index in [4.69, 9.17) is 32.7 Å². The SMILES string of the molecule is CC(CCC(C)N1CCC(NC(=O)c2ccc(Cl)c(Cl)c2)CC1)Oc1cccc2c1C(=O)C(C)(C)O2. The molecule has 36 heavy (non-hydrogen) atoms. The maximum absolute atomic E-state index is 12.7. The second-order valence-corrected chi connectivity index (χ2v) is 11.2. The molecule has 6 nitrogen and oxygen atoms in total. The number of nitrogens with zero attached hydrogens (tertiary/aromatic N) is 1. The smallest absolute Gasteiger partial charge is 0.251 e. The summed E-state index contributed by atoms with van der Waals surface area (Å²) in [5, 5.41) is 3.94. The van der Waals surface area contributed by atoms with Crippen LogP contribution in [0.4, 0.5) is 0 Å². The first-order chi connectivity index (χ1) is 17.0. The van der Waals surface area contributed by atoms with E-state index in [9.17, 15) is 9.59 Å². The molecule has 8 heteroatoms. The number of piperidine rings is 1.